The minimum absolute atomic E-state index is 0.0278. The highest BCUT2D eigenvalue weighted by molar-refractivity contribution is 5.87. The molecule has 0 saturated carbocycles. The van der Waals surface area contributed by atoms with E-state index < -0.39 is 11.6 Å². The van der Waals surface area contributed by atoms with Crippen LogP contribution in [0, 0.1) is 0 Å². The van der Waals surface area contributed by atoms with E-state index in [2.05, 4.69) is 4.98 Å². The van der Waals surface area contributed by atoms with Crippen LogP contribution in [0.3, 0.4) is 0 Å². The molecule has 116 valence electrons. The van der Waals surface area contributed by atoms with Crippen LogP contribution in [0.15, 0.2) is 42.9 Å². The summed E-state index contributed by atoms with van der Waals surface area (Å²) < 4.78 is 25.4. The van der Waals surface area contributed by atoms with E-state index >= 15 is 0 Å². The van der Waals surface area contributed by atoms with Gasteiger partial charge in [-0.2, -0.15) is 0 Å². The maximum Gasteiger partial charge on any atom is 0.356 e. The first-order chi connectivity index (χ1) is 10.6. The largest absolute Gasteiger partial charge is 0.457 e. The number of carbonyl (C=O) groups is 1. The maximum atomic E-state index is 13.8. The van der Waals surface area contributed by atoms with Crippen LogP contribution in [0.4, 0.5) is 4.39 Å². The molecule has 0 N–H and O–H groups in total. The minimum Gasteiger partial charge on any atom is -0.457 e. The summed E-state index contributed by atoms with van der Waals surface area (Å²) in [5.74, 6) is -0.579. The molecule has 22 heavy (non-hydrogen) atoms. The second kappa shape index (κ2) is 5.88. The zero-order valence-electron chi connectivity index (χ0n) is 12.2. The van der Waals surface area contributed by atoms with Crippen molar-refractivity contribution in [3.05, 3.63) is 54.1 Å². The van der Waals surface area contributed by atoms with Crippen molar-refractivity contribution in [2.75, 3.05) is 19.8 Å². The number of benzene rings is 1. The van der Waals surface area contributed by atoms with Gasteiger partial charge in [-0.15, -0.1) is 0 Å². The van der Waals surface area contributed by atoms with E-state index in [4.69, 9.17) is 9.47 Å². The third kappa shape index (κ3) is 2.87. The molecule has 0 unspecified atom stereocenters. The van der Waals surface area contributed by atoms with Crippen LogP contribution in [0.5, 0.6) is 0 Å². The molecule has 0 bridgehead atoms. The van der Waals surface area contributed by atoms with Crippen LogP contribution in [-0.2, 0) is 9.47 Å². The summed E-state index contributed by atoms with van der Waals surface area (Å²) in [7, 11) is 0. The Morgan fingerprint density at radius 3 is 2.82 bits per heavy atom. The summed E-state index contributed by atoms with van der Waals surface area (Å²) in [6, 6.07) is 9.68. The van der Waals surface area contributed by atoms with Crippen molar-refractivity contribution in [3.8, 4) is 0 Å². The third-order valence-electron chi connectivity index (χ3n) is 3.76. The molecule has 0 spiro atoms. The maximum absolute atomic E-state index is 13.8. The lowest BCUT2D eigenvalue weighted by Gasteiger charge is -2.32. The minimum atomic E-state index is -1.55. The number of halogens is 1. The van der Waals surface area contributed by atoms with E-state index in [9.17, 15) is 9.18 Å². The number of hydrogen-bond acceptors (Lipinski definition) is 4. The smallest absolute Gasteiger partial charge is 0.356 e. The molecule has 1 saturated heterocycles. The Bertz CT molecular complexity index is 652. The van der Waals surface area contributed by atoms with Gasteiger partial charge in [-0.3, -0.25) is 0 Å². The fraction of sp³-hybridized carbons (Fsp3) is 0.375. The number of ether oxygens (including phenoxy) is 2. The molecule has 5 nitrogen and oxygen atoms in total. The van der Waals surface area contributed by atoms with E-state index in [-0.39, 0.29) is 25.9 Å². The number of nitrogens with zero attached hydrogens (tertiary/aromatic N) is 2. The van der Waals surface area contributed by atoms with Crippen molar-refractivity contribution in [2.24, 2.45) is 0 Å². The molecule has 0 radical (unpaired) electrons. The predicted molar refractivity (Wildman–Crippen MR) is 77.4 cm³/mol. The molecule has 0 aliphatic carbocycles. The fourth-order valence-corrected chi connectivity index (χ4v) is 2.34. The standard InChI is InChI=1S/C16H17FN2O3/c1-12(13-5-3-2-4-6-13)19-11-18-7-14(19)15(20)22-10-16(17)8-21-9-16/h2-7,11-12H,8-10H2,1H3/t12-/m1/s1. The van der Waals surface area contributed by atoms with Crippen LogP contribution in [0.2, 0.25) is 0 Å². The normalized spacial score (nSPS) is 17.5. The number of alkyl halides is 1. The van der Waals surface area contributed by atoms with Crippen molar-refractivity contribution >= 4 is 5.97 Å². The summed E-state index contributed by atoms with van der Waals surface area (Å²) in [6.45, 7) is 1.61. The number of aromatic nitrogens is 2. The number of esters is 1. The second-order valence-electron chi connectivity index (χ2n) is 5.49. The quantitative estimate of drug-likeness (QED) is 0.796. The Hall–Kier alpha value is -2.21. The summed E-state index contributed by atoms with van der Waals surface area (Å²) in [4.78, 5) is 16.2. The van der Waals surface area contributed by atoms with Crippen molar-refractivity contribution in [3.63, 3.8) is 0 Å². The second-order valence-corrected chi connectivity index (χ2v) is 5.49. The van der Waals surface area contributed by atoms with Gasteiger partial charge in [-0.1, -0.05) is 30.3 Å². The van der Waals surface area contributed by atoms with Crippen molar-refractivity contribution in [1.82, 2.24) is 9.55 Å². The molecule has 3 rings (SSSR count). The molecule has 1 aliphatic heterocycles. The molecule has 1 fully saturated rings. The number of hydrogen-bond donors (Lipinski definition) is 0. The molecule has 1 atom stereocenters. The summed E-state index contributed by atoms with van der Waals surface area (Å²) in [6.07, 6.45) is 3.01. The van der Waals surface area contributed by atoms with E-state index in [0.717, 1.165) is 5.56 Å². The molecule has 1 aromatic carbocycles. The fourth-order valence-electron chi connectivity index (χ4n) is 2.34. The SMILES string of the molecule is C[C@H](c1ccccc1)n1cncc1C(=O)OCC1(F)COC1. The predicted octanol–water partition coefficient (Wildman–Crippen LogP) is 2.39. The first kappa shape index (κ1) is 14.7. The van der Waals surface area contributed by atoms with Gasteiger partial charge in [-0.25, -0.2) is 14.2 Å². The lowest BCUT2D eigenvalue weighted by Crippen LogP contribution is -2.49. The summed E-state index contributed by atoms with van der Waals surface area (Å²) >= 11 is 0. The van der Waals surface area contributed by atoms with Crippen molar-refractivity contribution in [2.45, 2.75) is 18.6 Å². The highest BCUT2D eigenvalue weighted by atomic mass is 19.1. The van der Waals surface area contributed by atoms with Crippen molar-refractivity contribution in [1.29, 1.82) is 0 Å². The first-order valence-electron chi connectivity index (χ1n) is 7.10. The molecule has 0 amide bonds. The monoisotopic (exact) mass is 304 g/mol. The van der Waals surface area contributed by atoms with Crippen LogP contribution >= 0.6 is 0 Å². The Morgan fingerprint density at radius 1 is 1.45 bits per heavy atom. The topological polar surface area (TPSA) is 53.4 Å². The van der Waals surface area contributed by atoms with Gasteiger partial charge in [-0.05, 0) is 12.5 Å². The van der Waals surface area contributed by atoms with Crippen LogP contribution in [-0.4, -0.2) is 41.0 Å². The van der Waals surface area contributed by atoms with Gasteiger partial charge < -0.3 is 14.0 Å². The van der Waals surface area contributed by atoms with Crippen LogP contribution < -0.4 is 0 Å². The van der Waals surface area contributed by atoms with Crippen LogP contribution in [0.25, 0.3) is 0 Å². The Kier molecular flexibility index (Phi) is 3.94. The zero-order chi connectivity index (χ0) is 15.6. The molecule has 2 heterocycles. The molecule has 2 aromatic rings. The number of rotatable bonds is 5. The highest BCUT2D eigenvalue weighted by Gasteiger charge is 2.40. The van der Waals surface area contributed by atoms with Gasteiger partial charge in [0.1, 0.15) is 12.3 Å². The van der Waals surface area contributed by atoms with Crippen LogP contribution in [0.1, 0.15) is 29.0 Å². The van der Waals surface area contributed by atoms with E-state index in [1.165, 1.54) is 6.20 Å². The van der Waals surface area contributed by atoms with Gasteiger partial charge >= 0.3 is 5.97 Å². The zero-order valence-corrected chi connectivity index (χ0v) is 12.2. The molecular weight excluding hydrogens is 287 g/mol. The van der Waals surface area contributed by atoms with E-state index in [1.807, 2.05) is 37.3 Å². The van der Waals surface area contributed by atoms with Gasteiger partial charge in [0.25, 0.3) is 0 Å². The lowest BCUT2D eigenvalue weighted by atomic mass is 10.1. The Labute approximate surface area is 127 Å². The highest BCUT2D eigenvalue weighted by Crippen LogP contribution is 2.23. The average Bonchev–Trinajstić information content (AvgIpc) is 3.00. The number of imidazole rings is 1. The summed E-state index contributed by atoms with van der Waals surface area (Å²) in [5, 5.41) is 0. The number of carbonyl (C=O) groups excluding carboxylic acids is 1. The third-order valence-corrected chi connectivity index (χ3v) is 3.76. The van der Waals surface area contributed by atoms with Gasteiger partial charge in [0.05, 0.1) is 31.8 Å². The Morgan fingerprint density at radius 2 is 2.18 bits per heavy atom. The lowest BCUT2D eigenvalue weighted by molar-refractivity contribution is -0.151. The molecule has 1 aromatic heterocycles. The molecule has 6 heteroatoms. The van der Waals surface area contributed by atoms with E-state index in [1.54, 1.807) is 10.9 Å². The van der Waals surface area contributed by atoms with E-state index in [0.29, 0.717) is 5.69 Å². The summed E-state index contributed by atoms with van der Waals surface area (Å²) in [5.41, 5.74) is -0.199. The van der Waals surface area contributed by atoms with Gasteiger partial charge in [0, 0.05) is 0 Å². The van der Waals surface area contributed by atoms with Gasteiger partial charge in [0.15, 0.2) is 5.67 Å². The Balaban J connectivity index is 1.72. The molecule has 1 aliphatic rings. The van der Waals surface area contributed by atoms with Crippen molar-refractivity contribution < 1.29 is 18.7 Å². The van der Waals surface area contributed by atoms with Gasteiger partial charge in [0.2, 0.25) is 0 Å². The first-order valence-corrected chi connectivity index (χ1v) is 7.10. The average molecular weight is 304 g/mol. The molecular formula is C16H17FN2O3.